The lowest BCUT2D eigenvalue weighted by atomic mass is 9.82. The van der Waals surface area contributed by atoms with Gasteiger partial charge in [-0.05, 0) is 49.0 Å². The second kappa shape index (κ2) is 5.93. The maximum absolute atomic E-state index is 12.4. The highest BCUT2D eigenvalue weighted by Crippen LogP contribution is 2.33. The fourth-order valence-electron chi connectivity index (χ4n) is 2.43. The van der Waals surface area contributed by atoms with E-state index in [1.807, 2.05) is 0 Å². The molecule has 1 heterocycles. The number of alkyl halides is 3. The minimum atomic E-state index is -4.24. The van der Waals surface area contributed by atoms with Gasteiger partial charge in [0, 0.05) is 0 Å². The van der Waals surface area contributed by atoms with Crippen molar-refractivity contribution in [1.82, 2.24) is 5.32 Å². The van der Waals surface area contributed by atoms with Crippen LogP contribution >= 0.6 is 12.4 Å². The first-order valence-electron chi connectivity index (χ1n) is 5.86. The van der Waals surface area contributed by atoms with Crippen LogP contribution in [0.3, 0.4) is 0 Å². The average molecular weight is 280 g/mol. The van der Waals surface area contributed by atoms with Gasteiger partial charge in [-0.2, -0.15) is 13.2 Å². The van der Waals surface area contributed by atoms with Crippen LogP contribution < -0.4 is 5.32 Å². The van der Waals surface area contributed by atoms with Gasteiger partial charge in [0.2, 0.25) is 0 Å². The third-order valence-corrected chi connectivity index (χ3v) is 3.45. The lowest BCUT2D eigenvalue weighted by Crippen LogP contribution is -2.33. The van der Waals surface area contributed by atoms with Crippen molar-refractivity contribution in [1.29, 1.82) is 0 Å². The smallest absolute Gasteiger partial charge is 0.316 e. The first-order chi connectivity index (χ1) is 7.98. The van der Waals surface area contributed by atoms with Crippen LogP contribution in [0.25, 0.3) is 0 Å². The Hall–Kier alpha value is -0.740. The molecule has 2 atom stereocenters. The highest BCUT2D eigenvalue weighted by atomic mass is 35.5. The maximum Gasteiger partial charge on any atom is 0.416 e. The molecule has 1 nitrogen and oxygen atoms in total. The third-order valence-electron chi connectivity index (χ3n) is 3.45. The van der Waals surface area contributed by atoms with Crippen LogP contribution in [-0.2, 0) is 6.18 Å². The van der Waals surface area contributed by atoms with E-state index in [0.717, 1.165) is 25.1 Å². The third kappa shape index (κ3) is 3.39. The lowest BCUT2D eigenvalue weighted by molar-refractivity contribution is -0.137. The van der Waals surface area contributed by atoms with E-state index in [9.17, 15) is 13.2 Å². The Morgan fingerprint density at radius 1 is 1.17 bits per heavy atom. The van der Waals surface area contributed by atoms with Gasteiger partial charge in [0.1, 0.15) is 0 Å². The van der Waals surface area contributed by atoms with Gasteiger partial charge in [0.15, 0.2) is 0 Å². The summed E-state index contributed by atoms with van der Waals surface area (Å²) in [5.41, 5.74) is 0.454. The molecule has 1 fully saturated rings. The Labute approximate surface area is 111 Å². The number of benzene rings is 1. The molecule has 0 unspecified atom stereocenters. The zero-order chi connectivity index (χ0) is 12.5. The first kappa shape index (κ1) is 15.3. The average Bonchev–Trinajstić information content (AvgIpc) is 2.29. The molecule has 0 saturated carbocycles. The molecule has 1 aliphatic heterocycles. The molecule has 1 aliphatic rings. The van der Waals surface area contributed by atoms with Crippen LogP contribution in [0.1, 0.15) is 30.4 Å². The minimum Gasteiger partial charge on any atom is -0.316 e. The van der Waals surface area contributed by atoms with E-state index in [4.69, 9.17) is 0 Å². The van der Waals surface area contributed by atoms with Crippen LogP contribution in [0.15, 0.2) is 24.3 Å². The second-order valence-electron chi connectivity index (χ2n) is 4.70. The highest BCUT2D eigenvalue weighted by molar-refractivity contribution is 5.85. The molecule has 1 saturated heterocycles. The monoisotopic (exact) mass is 279 g/mol. The molecular formula is C13H17ClF3N. The van der Waals surface area contributed by atoms with Gasteiger partial charge < -0.3 is 5.32 Å². The summed E-state index contributed by atoms with van der Waals surface area (Å²) in [6.07, 6.45) is -3.25. The van der Waals surface area contributed by atoms with Gasteiger partial charge in [0.25, 0.3) is 0 Å². The Morgan fingerprint density at radius 3 is 2.28 bits per heavy atom. The molecule has 18 heavy (non-hydrogen) atoms. The van der Waals surface area contributed by atoms with Crippen LogP contribution in [0.5, 0.6) is 0 Å². The van der Waals surface area contributed by atoms with E-state index in [1.54, 1.807) is 12.1 Å². The van der Waals surface area contributed by atoms with Crippen LogP contribution in [0.2, 0.25) is 0 Å². The molecule has 0 spiro atoms. The highest BCUT2D eigenvalue weighted by Gasteiger charge is 2.30. The lowest BCUT2D eigenvalue weighted by Gasteiger charge is -2.30. The Morgan fingerprint density at radius 2 is 1.78 bits per heavy atom. The van der Waals surface area contributed by atoms with Crippen molar-refractivity contribution >= 4 is 12.4 Å². The molecule has 1 aromatic carbocycles. The molecule has 102 valence electrons. The molecular weight excluding hydrogens is 263 g/mol. The fraction of sp³-hybridized carbons (Fsp3) is 0.538. The van der Waals surface area contributed by atoms with E-state index >= 15 is 0 Å². The van der Waals surface area contributed by atoms with Crippen molar-refractivity contribution < 1.29 is 13.2 Å². The van der Waals surface area contributed by atoms with Gasteiger partial charge in [-0.3, -0.25) is 0 Å². The van der Waals surface area contributed by atoms with E-state index in [2.05, 4.69) is 12.2 Å². The maximum atomic E-state index is 12.4. The molecule has 0 bridgehead atoms. The summed E-state index contributed by atoms with van der Waals surface area (Å²) < 4.78 is 37.3. The van der Waals surface area contributed by atoms with Crippen LogP contribution in [-0.4, -0.2) is 13.1 Å². The number of hydrogen-bond acceptors (Lipinski definition) is 1. The number of rotatable bonds is 1. The van der Waals surface area contributed by atoms with Gasteiger partial charge in [-0.25, -0.2) is 0 Å². The summed E-state index contributed by atoms with van der Waals surface area (Å²) in [4.78, 5) is 0. The van der Waals surface area contributed by atoms with Crippen molar-refractivity contribution in [2.24, 2.45) is 5.92 Å². The molecule has 0 amide bonds. The Balaban J connectivity index is 0.00000162. The Bertz CT molecular complexity index is 375. The predicted octanol–water partition coefficient (Wildman–Crippen LogP) is 3.84. The molecule has 2 rings (SSSR count). The molecule has 0 radical (unpaired) electrons. The topological polar surface area (TPSA) is 12.0 Å². The number of hydrogen-bond donors (Lipinski definition) is 1. The van der Waals surface area contributed by atoms with Gasteiger partial charge in [-0.1, -0.05) is 19.1 Å². The van der Waals surface area contributed by atoms with Crippen LogP contribution in [0.4, 0.5) is 13.2 Å². The molecule has 5 heteroatoms. The van der Waals surface area contributed by atoms with Crippen molar-refractivity contribution in [3.8, 4) is 0 Å². The molecule has 1 aromatic rings. The summed E-state index contributed by atoms with van der Waals surface area (Å²) in [7, 11) is 0. The zero-order valence-corrected chi connectivity index (χ0v) is 10.9. The zero-order valence-electron chi connectivity index (χ0n) is 10.1. The van der Waals surface area contributed by atoms with E-state index < -0.39 is 11.7 Å². The van der Waals surface area contributed by atoms with Crippen molar-refractivity contribution in [2.75, 3.05) is 13.1 Å². The number of halogens is 4. The van der Waals surface area contributed by atoms with Crippen molar-refractivity contribution in [3.05, 3.63) is 35.4 Å². The number of piperidine rings is 1. The van der Waals surface area contributed by atoms with Crippen molar-refractivity contribution in [2.45, 2.75) is 25.4 Å². The second-order valence-corrected chi connectivity index (χ2v) is 4.70. The molecule has 0 aliphatic carbocycles. The van der Waals surface area contributed by atoms with Gasteiger partial charge in [0.05, 0.1) is 5.56 Å². The summed E-state index contributed by atoms with van der Waals surface area (Å²) >= 11 is 0. The van der Waals surface area contributed by atoms with Crippen molar-refractivity contribution in [3.63, 3.8) is 0 Å². The minimum absolute atomic E-state index is 0. The van der Waals surface area contributed by atoms with E-state index in [0.29, 0.717) is 11.8 Å². The standard InChI is InChI=1S/C13H16F3N.ClH/c1-9-8-17-7-6-12(9)10-2-4-11(5-3-10)13(14,15)16;/h2-5,9,12,17H,6-8H2,1H3;1H/t9-,12+;/m1./s1. The SMILES string of the molecule is C[C@@H]1CNCC[C@@H]1c1ccc(C(F)(F)F)cc1.Cl. The molecule has 0 aromatic heterocycles. The fourth-order valence-corrected chi connectivity index (χ4v) is 2.43. The van der Waals surface area contributed by atoms with Gasteiger partial charge in [-0.15, -0.1) is 12.4 Å². The summed E-state index contributed by atoms with van der Waals surface area (Å²) in [5, 5.41) is 3.29. The first-order valence-corrected chi connectivity index (χ1v) is 5.86. The molecule has 1 N–H and O–H groups in total. The van der Waals surface area contributed by atoms with Gasteiger partial charge >= 0.3 is 6.18 Å². The van der Waals surface area contributed by atoms with E-state index in [1.165, 1.54) is 12.1 Å². The normalized spacial score (nSPS) is 24.4. The van der Waals surface area contributed by atoms with E-state index in [-0.39, 0.29) is 12.4 Å². The summed E-state index contributed by atoms with van der Waals surface area (Å²) in [6, 6.07) is 5.61. The predicted molar refractivity (Wildman–Crippen MR) is 68.1 cm³/mol. The van der Waals surface area contributed by atoms with Crippen LogP contribution in [0, 0.1) is 5.92 Å². The number of nitrogens with one attached hydrogen (secondary N) is 1. The summed E-state index contributed by atoms with van der Waals surface area (Å²) in [6.45, 7) is 4.01. The largest absolute Gasteiger partial charge is 0.416 e. The summed E-state index contributed by atoms with van der Waals surface area (Å²) in [5.74, 6) is 0.846. The quantitative estimate of drug-likeness (QED) is 0.824. The Kier molecular flexibility index (Phi) is 5.05.